The van der Waals surface area contributed by atoms with Crippen molar-refractivity contribution in [2.75, 3.05) is 18.5 Å². The Labute approximate surface area is 118 Å². The lowest BCUT2D eigenvalue weighted by atomic mass is 10.2. The van der Waals surface area contributed by atoms with Gasteiger partial charge < -0.3 is 9.74 Å². The van der Waals surface area contributed by atoms with Crippen LogP contribution in [0.1, 0.15) is 32.2 Å². The first kappa shape index (κ1) is 16.1. The Hall–Kier alpha value is -0.943. The van der Waals surface area contributed by atoms with Crippen molar-refractivity contribution in [3.63, 3.8) is 0 Å². The number of hydrogen-bond donors (Lipinski definition) is 1. The average molecular weight is 281 g/mol. The highest BCUT2D eigenvalue weighted by Crippen LogP contribution is 2.36. The van der Waals surface area contributed by atoms with Gasteiger partial charge in [0.1, 0.15) is 6.33 Å². The maximum absolute atomic E-state index is 6.13. The smallest absolute Gasteiger partial charge is 0.192 e. The molecule has 5 heteroatoms. The van der Waals surface area contributed by atoms with Crippen LogP contribution < -0.4 is 5.32 Å². The van der Waals surface area contributed by atoms with Crippen LogP contribution in [0.3, 0.4) is 0 Å². The van der Waals surface area contributed by atoms with Crippen molar-refractivity contribution in [3.05, 3.63) is 17.7 Å². The minimum Gasteiger partial charge on any atom is -0.415 e. The zero-order valence-corrected chi connectivity index (χ0v) is 14.3. The Morgan fingerprint density at radius 2 is 1.68 bits per heavy atom. The molecule has 1 N–H and O–H groups in total. The van der Waals surface area contributed by atoms with Crippen LogP contribution in [0, 0.1) is 13.8 Å². The minimum atomic E-state index is -1.64. The SMILES string of the molecule is Cc1ncnc(C)c1NCCO[Si](C)(C)C(C)(C)C. The normalized spacial score (nSPS) is 12.6. The van der Waals surface area contributed by atoms with Crippen molar-refractivity contribution >= 4 is 14.0 Å². The van der Waals surface area contributed by atoms with Crippen LogP contribution in [-0.2, 0) is 4.43 Å². The van der Waals surface area contributed by atoms with Gasteiger partial charge in [0.2, 0.25) is 0 Å². The number of hydrogen-bond acceptors (Lipinski definition) is 4. The maximum atomic E-state index is 6.13. The van der Waals surface area contributed by atoms with Gasteiger partial charge in [0, 0.05) is 6.54 Å². The third kappa shape index (κ3) is 4.28. The van der Waals surface area contributed by atoms with E-state index in [2.05, 4.69) is 49.1 Å². The molecule has 0 fully saturated rings. The Bertz CT molecular complexity index is 407. The third-order valence-electron chi connectivity index (χ3n) is 3.90. The van der Waals surface area contributed by atoms with E-state index in [1.54, 1.807) is 6.33 Å². The molecule has 0 saturated heterocycles. The number of nitrogens with one attached hydrogen (secondary N) is 1. The summed E-state index contributed by atoms with van der Waals surface area (Å²) in [5, 5.41) is 3.64. The Morgan fingerprint density at radius 1 is 1.16 bits per heavy atom. The molecule has 0 unspecified atom stereocenters. The quantitative estimate of drug-likeness (QED) is 0.662. The summed E-state index contributed by atoms with van der Waals surface area (Å²) in [4.78, 5) is 8.40. The standard InChI is InChI=1S/C14H27N3OSi/c1-11-13(12(2)17-10-16-11)15-8-9-18-19(6,7)14(3,4)5/h10,15H,8-9H2,1-7H3. The van der Waals surface area contributed by atoms with Crippen LogP contribution >= 0.6 is 0 Å². The van der Waals surface area contributed by atoms with Gasteiger partial charge in [-0.2, -0.15) is 0 Å². The molecule has 0 aliphatic carbocycles. The van der Waals surface area contributed by atoms with Crippen LogP contribution in [0.4, 0.5) is 5.69 Å². The lowest BCUT2D eigenvalue weighted by Crippen LogP contribution is -2.41. The third-order valence-corrected chi connectivity index (χ3v) is 8.44. The van der Waals surface area contributed by atoms with E-state index in [-0.39, 0.29) is 5.04 Å². The average Bonchev–Trinajstić information content (AvgIpc) is 2.25. The summed E-state index contributed by atoms with van der Waals surface area (Å²) in [6.07, 6.45) is 1.60. The molecule has 0 bridgehead atoms. The Kier molecular flexibility index (Phi) is 5.09. The summed E-state index contributed by atoms with van der Waals surface area (Å²) in [5.41, 5.74) is 3.00. The van der Waals surface area contributed by atoms with E-state index < -0.39 is 8.32 Å². The molecular formula is C14H27N3OSi. The molecular weight excluding hydrogens is 254 g/mol. The van der Waals surface area contributed by atoms with Crippen LogP contribution in [-0.4, -0.2) is 31.4 Å². The van der Waals surface area contributed by atoms with Crippen molar-refractivity contribution in [1.82, 2.24) is 9.97 Å². The van der Waals surface area contributed by atoms with Gasteiger partial charge in [0.05, 0.1) is 23.7 Å². The summed E-state index contributed by atoms with van der Waals surface area (Å²) in [6.45, 7) is 16.8. The first-order valence-electron chi connectivity index (χ1n) is 6.81. The van der Waals surface area contributed by atoms with Crippen LogP contribution in [0.25, 0.3) is 0 Å². The van der Waals surface area contributed by atoms with Gasteiger partial charge in [0.25, 0.3) is 0 Å². The first-order chi connectivity index (χ1) is 8.65. The van der Waals surface area contributed by atoms with Crippen LogP contribution in [0.2, 0.25) is 18.1 Å². The molecule has 19 heavy (non-hydrogen) atoms. The van der Waals surface area contributed by atoms with Gasteiger partial charge in [0.15, 0.2) is 8.32 Å². The number of rotatable bonds is 5. The molecule has 0 aliphatic heterocycles. The number of nitrogens with zero attached hydrogens (tertiary/aromatic N) is 2. The zero-order chi connectivity index (χ0) is 14.7. The summed E-state index contributed by atoms with van der Waals surface area (Å²) >= 11 is 0. The molecule has 0 atom stereocenters. The molecule has 1 rings (SSSR count). The van der Waals surface area contributed by atoms with E-state index in [4.69, 9.17) is 4.43 Å². The lowest BCUT2D eigenvalue weighted by Gasteiger charge is -2.36. The predicted octanol–water partition coefficient (Wildman–Crippen LogP) is 3.53. The second-order valence-electron chi connectivity index (χ2n) is 6.46. The van der Waals surface area contributed by atoms with E-state index in [1.165, 1.54) is 0 Å². The van der Waals surface area contributed by atoms with Crippen molar-refractivity contribution < 1.29 is 4.43 Å². The monoisotopic (exact) mass is 281 g/mol. The largest absolute Gasteiger partial charge is 0.415 e. The van der Waals surface area contributed by atoms with Crippen LogP contribution in [0.5, 0.6) is 0 Å². The molecule has 1 aromatic heterocycles. The van der Waals surface area contributed by atoms with E-state index in [9.17, 15) is 0 Å². The highest BCUT2D eigenvalue weighted by atomic mass is 28.4. The lowest BCUT2D eigenvalue weighted by molar-refractivity contribution is 0.301. The van der Waals surface area contributed by atoms with Gasteiger partial charge >= 0.3 is 0 Å². The molecule has 0 saturated carbocycles. The highest BCUT2D eigenvalue weighted by molar-refractivity contribution is 6.74. The van der Waals surface area contributed by atoms with E-state index in [0.717, 1.165) is 30.2 Å². The summed E-state index contributed by atoms with van der Waals surface area (Å²) in [5.74, 6) is 0. The fraction of sp³-hybridized carbons (Fsp3) is 0.714. The van der Waals surface area contributed by atoms with Gasteiger partial charge in [-0.3, -0.25) is 0 Å². The fourth-order valence-corrected chi connectivity index (χ4v) is 2.59. The fourth-order valence-electron chi connectivity index (χ4n) is 1.55. The van der Waals surface area contributed by atoms with Crippen molar-refractivity contribution in [2.24, 2.45) is 0 Å². The molecule has 0 radical (unpaired) electrons. The van der Waals surface area contributed by atoms with Crippen molar-refractivity contribution in [2.45, 2.75) is 52.8 Å². The molecule has 1 heterocycles. The second-order valence-corrected chi connectivity index (χ2v) is 11.3. The summed E-state index contributed by atoms with van der Waals surface area (Å²) in [6, 6.07) is 0. The first-order valence-corrected chi connectivity index (χ1v) is 9.72. The number of aryl methyl sites for hydroxylation is 2. The second kappa shape index (κ2) is 6.01. The molecule has 1 aromatic rings. The van der Waals surface area contributed by atoms with Crippen molar-refractivity contribution in [1.29, 1.82) is 0 Å². The van der Waals surface area contributed by atoms with E-state index >= 15 is 0 Å². The summed E-state index contributed by atoms with van der Waals surface area (Å²) < 4.78 is 6.13. The molecule has 0 spiro atoms. The van der Waals surface area contributed by atoms with Crippen LogP contribution in [0.15, 0.2) is 6.33 Å². The summed E-state index contributed by atoms with van der Waals surface area (Å²) in [7, 11) is -1.64. The van der Waals surface area contributed by atoms with Gasteiger partial charge in [-0.1, -0.05) is 20.8 Å². The molecule has 0 aliphatic rings. The Balaban J connectivity index is 2.48. The van der Waals surface area contributed by atoms with Gasteiger partial charge in [-0.15, -0.1) is 0 Å². The number of aromatic nitrogens is 2. The van der Waals surface area contributed by atoms with Gasteiger partial charge in [-0.25, -0.2) is 9.97 Å². The molecule has 108 valence electrons. The van der Waals surface area contributed by atoms with Gasteiger partial charge in [-0.05, 0) is 32.0 Å². The Morgan fingerprint density at radius 3 is 2.16 bits per heavy atom. The highest BCUT2D eigenvalue weighted by Gasteiger charge is 2.36. The maximum Gasteiger partial charge on any atom is 0.192 e. The van der Waals surface area contributed by atoms with E-state index in [0.29, 0.717) is 0 Å². The molecule has 4 nitrogen and oxygen atoms in total. The zero-order valence-electron chi connectivity index (χ0n) is 13.3. The van der Waals surface area contributed by atoms with E-state index in [1.807, 2.05) is 13.8 Å². The number of anilines is 1. The molecule has 0 aromatic carbocycles. The minimum absolute atomic E-state index is 0.259. The topological polar surface area (TPSA) is 47.0 Å². The van der Waals surface area contributed by atoms with Crippen molar-refractivity contribution in [3.8, 4) is 0 Å². The molecule has 0 amide bonds. The predicted molar refractivity (Wildman–Crippen MR) is 83.1 cm³/mol.